The van der Waals surface area contributed by atoms with Gasteiger partial charge in [0.05, 0.1) is 17.7 Å². The Kier molecular flexibility index (Phi) is 5.22. The summed E-state index contributed by atoms with van der Waals surface area (Å²) in [5.74, 6) is -0.925. The number of fused-ring (bicyclic) bond motifs is 1. The van der Waals surface area contributed by atoms with E-state index in [-0.39, 0.29) is 27.7 Å². The summed E-state index contributed by atoms with van der Waals surface area (Å²) in [6.07, 6.45) is -2.81. The first-order valence-corrected chi connectivity index (χ1v) is 9.76. The number of amides is 1. The number of carbonyl (C=O) groups is 1. The Morgan fingerprint density at radius 2 is 1.93 bits per heavy atom. The third-order valence-electron chi connectivity index (χ3n) is 3.95. The van der Waals surface area contributed by atoms with Gasteiger partial charge in [0.1, 0.15) is 22.0 Å². The largest absolute Gasteiger partial charge is 0.497 e. The standard InChI is InChI=1S/C17H13ClF3N3O4S/c1-9-5-10(17(19,20)21)7-24-8-13(22-15(9)24)16(25)23-29(26,27)14-6-11(28-2)3-4-12(14)18/h3-8H,1-2H3,(H,23,25). The molecule has 3 aromatic rings. The highest BCUT2D eigenvalue weighted by Gasteiger charge is 2.32. The smallest absolute Gasteiger partial charge is 0.417 e. The van der Waals surface area contributed by atoms with Gasteiger partial charge in [-0.15, -0.1) is 0 Å². The van der Waals surface area contributed by atoms with E-state index >= 15 is 0 Å². The van der Waals surface area contributed by atoms with Gasteiger partial charge in [-0.05, 0) is 30.7 Å². The first-order chi connectivity index (χ1) is 13.4. The third-order valence-corrected chi connectivity index (χ3v) is 5.76. The van der Waals surface area contributed by atoms with Crippen LogP contribution in [0.25, 0.3) is 5.65 Å². The summed E-state index contributed by atoms with van der Waals surface area (Å²) in [5, 5.41) is -0.147. The fraction of sp³-hybridized carbons (Fsp3) is 0.176. The number of alkyl halides is 3. The fourth-order valence-electron chi connectivity index (χ4n) is 2.58. The second-order valence-corrected chi connectivity index (χ2v) is 8.06. The molecule has 3 rings (SSSR count). The number of aryl methyl sites for hydroxylation is 1. The zero-order valence-electron chi connectivity index (χ0n) is 14.9. The van der Waals surface area contributed by atoms with E-state index < -0.39 is 32.6 Å². The normalized spacial score (nSPS) is 12.2. The molecule has 0 bridgehead atoms. The monoisotopic (exact) mass is 447 g/mol. The molecular formula is C17H13ClF3N3O4S. The molecule has 2 aromatic heterocycles. The maximum Gasteiger partial charge on any atom is 0.417 e. The Labute approximate surface area is 168 Å². The molecule has 2 heterocycles. The highest BCUT2D eigenvalue weighted by atomic mass is 35.5. The van der Waals surface area contributed by atoms with Gasteiger partial charge in [-0.25, -0.2) is 18.1 Å². The van der Waals surface area contributed by atoms with Gasteiger partial charge in [0, 0.05) is 18.5 Å². The van der Waals surface area contributed by atoms with Crippen molar-refractivity contribution in [3.8, 4) is 5.75 Å². The number of carbonyl (C=O) groups excluding carboxylic acids is 1. The number of rotatable bonds is 4. The second kappa shape index (κ2) is 7.23. The number of hydrogen-bond donors (Lipinski definition) is 1. The molecular weight excluding hydrogens is 435 g/mol. The first kappa shape index (κ1) is 20.9. The molecule has 12 heteroatoms. The maximum atomic E-state index is 13.0. The Morgan fingerprint density at radius 1 is 1.24 bits per heavy atom. The van der Waals surface area contributed by atoms with Gasteiger partial charge in [-0.3, -0.25) is 4.79 Å². The number of methoxy groups -OCH3 is 1. The molecule has 0 atom stereocenters. The summed E-state index contributed by atoms with van der Waals surface area (Å²) in [5.41, 5.74) is -1.06. The van der Waals surface area contributed by atoms with Crippen molar-refractivity contribution in [3.05, 3.63) is 58.5 Å². The number of hydrogen-bond acceptors (Lipinski definition) is 5. The molecule has 29 heavy (non-hydrogen) atoms. The number of imidazole rings is 1. The minimum Gasteiger partial charge on any atom is -0.497 e. The van der Waals surface area contributed by atoms with Crippen molar-refractivity contribution >= 4 is 33.2 Å². The van der Waals surface area contributed by atoms with E-state index in [4.69, 9.17) is 16.3 Å². The van der Waals surface area contributed by atoms with Gasteiger partial charge >= 0.3 is 6.18 Å². The Bertz CT molecular complexity index is 1220. The molecule has 1 aromatic carbocycles. The van der Waals surface area contributed by atoms with Gasteiger partial charge < -0.3 is 9.14 Å². The van der Waals surface area contributed by atoms with E-state index in [2.05, 4.69) is 4.98 Å². The van der Waals surface area contributed by atoms with Gasteiger partial charge in [0.25, 0.3) is 15.9 Å². The minimum absolute atomic E-state index is 0.0833. The number of benzene rings is 1. The average molecular weight is 448 g/mol. The number of aromatic nitrogens is 2. The summed E-state index contributed by atoms with van der Waals surface area (Å²) in [6.45, 7) is 1.39. The highest BCUT2D eigenvalue weighted by molar-refractivity contribution is 7.90. The number of sulfonamides is 1. The molecule has 0 spiro atoms. The molecule has 0 fully saturated rings. The zero-order valence-corrected chi connectivity index (χ0v) is 16.5. The Hall–Kier alpha value is -2.79. The highest BCUT2D eigenvalue weighted by Crippen LogP contribution is 2.31. The summed E-state index contributed by atoms with van der Waals surface area (Å²) in [7, 11) is -3.06. The van der Waals surface area contributed by atoms with Crippen LogP contribution in [0.1, 0.15) is 21.6 Å². The minimum atomic E-state index is -4.59. The van der Waals surface area contributed by atoms with Crippen LogP contribution in [0.4, 0.5) is 13.2 Å². The molecule has 154 valence electrons. The van der Waals surface area contributed by atoms with Crippen LogP contribution >= 0.6 is 11.6 Å². The number of nitrogens with one attached hydrogen (secondary N) is 1. The van der Waals surface area contributed by atoms with Crippen LogP contribution in [0.2, 0.25) is 5.02 Å². The molecule has 0 aliphatic rings. The number of halogens is 4. The summed E-state index contributed by atoms with van der Waals surface area (Å²) >= 11 is 5.90. The lowest BCUT2D eigenvalue weighted by Crippen LogP contribution is -2.31. The Balaban J connectivity index is 1.97. The van der Waals surface area contributed by atoms with Crippen molar-refractivity contribution in [2.24, 2.45) is 0 Å². The summed E-state index contributed by atoms with van der Waals surface area (Å²) < 4.78 is 71.7. The van der Waals surface area contributed by atoms with E-state index in [0.29, 0.717) is 0 Å². The lowest BCUT2D eigenvalue weighted by atomic mass is 10.2. The maximum absolute atomic E-state index is 13.0. The van der Waals surface area contributed by atoms with Crippen molar-refractivity contribution < 1.29 is 31.1 Å². The van der Waals surface area contributed by atoms with Crippen LogP contribution in [-0.2, 0) is 16.2 Å². The van der Waals surface area contributed by atoms with Crippen LogP contribution in [0, 0.1) is 6.92 Å². The molecule has 0 saturated heterocycles. The molecule has 0 saturated carbocycles. The quantitative estimate of drug-likeness (QED) is 0.661. The van der Waals surface area contributed by atoms with Crippen LogP contribution < -0.4 is 9.46 Å². The average Bonchev–Trinajstić information content (AvgIpc) is 3.06. The van der Waals surface area contributed by atoms with Crippen LogP contribution in [0.15, 0.2) is 41.6 Å². The van der Waals surface area contributed by atoms with E-state index in [1.54, 1.807) is 4.72 Å². The van der Waals surface area contributed by atoms with Crippen molar-refractivity contribution in [1.29, 1.82) is 0 Å². The lowest BCUT2D eigenvalue weighted by Gasteiger charge is -2.09. The zero-order chi connectivity index (χ0) is 21.6. The van der Waals surface area contributed by atoms with Crippen LogP contribution in [-0.4, -0.2) is 30.8 Å². The molecule has 1 N–H and O–H groups in total. The van der Waals surface area contributed by atoms with Gasteiger partial charge in [-0.2, -0.15) is 13.2 Å². The van der Waals surface area contributed by atoms with E-state index in [1.807, 2.05) is 0 Å². The van der Waals surface area contributed by atoms with E-state index in [0.717, 1.165) is 28.9 Å². The van der Waals surface area contributed by atoms with Crippen molar-refractivity contribution in [2.75, 3.05) is 7.11 Å². The van der Waals surface area contributed by atoms with E-state index in [1.165, 1.54) is 26.2 Å². The van der Waals surface area contributed by atoms with Crippen molar-refractivity contribution in [3.63, 3.8) is 0 Å². The predicted octanol–water partition coefficient (Wildman–Crippen LogP) is 3.44. The van der Waals surface area contributed by atoms with Crippen LogP contribution in [0.5, 0.6) is 5.75 Å². The fourth-order valence-corrected chi connectivity index (χ4v) is 4.06. The van der Waals surface area contributed by atoms with Crippen molar-refractivity contribution in [1.82, 2.24) is 14.1 Å². The van der Waals surface area contributed by atoms with Gasteiger partial charge in [-0.1, -0.05) is 11.6 Å². The predicted molar refractivity (Wildman–Crippen MR) is 97.6 cm³/mol. The van der Waals surface area contributed by atoms with Crippen molar-refractivity contribution in [2.45, 2.75) is 18.0 Å². The summed E-state index contributed by atoms with van der Waals surface area (Å²) in [4.78, 5) is 15.9. The number of nitrogens with zero attached hydrogens (tertiary/aromatic N) is 2. The lowest BCUT2D eigenvalue weighted by molar-refractivity contribution is -0.137. The molecule has 0 aliphatic heterocycles. The second-order valence-electron chi connectivity index (χ2n) is 6.00. The molecule has 0 radical (unpaired) electrons. The topological polar surface area (TPSA) is 89.8 Å². The summed E-state index contributed by atoms with van der Waals surface area (Å²) in [6, 6.07) is 4.73. The number of pyridine rings is 1. The molecule has 0 aliphatic carbocycles. The van der Waals surface area contributed by atoms with Gasteiger partial charge in [0.2, 0.25) is 0 Å². The van der Waals surface area contributed by atoms with Crippen LogP contribution in [0.3, 0.4) is 0 Å². The van der Waals surface area contributed by atoms with E-state index in [9.17, 15) is 26.4 Å². The third kappa shape index (κ3) is 4.15. The Morgan fingerprint density at radius 3 is 2.55 bits per heavy atom. The SMILES string of the molecule is COc1ccc(Cl)c(S(=O)(=O)NC(=O)c2cn3cc(C(F)(F)F)cc(C)c3n2)c1. The number of ether oxygens (including phenoxy) is 1. The molecule has 1 amide bonds. The first-order valence-electron chi connectivity index (χ1n) is 7.89. The van der Waals surface area contributed by atoms with Gasteiger partial charge in [0.15, 0.2) is 0 Å². The molecule has 7 nitrogen and oxygen atoms in total. The molecule has 0 unspecified atom stereocenters.